The largest absolute Gasteiger partial charge is 0.481 e. The summed E-state index contributed by atoms with van der Waals surface area (Å²) in [6.45, 7) is 2.10. The van der Waals surface area contributed by atoms with Gasteiger partial charge in [0.25, 0.3) is 0 Å². The number of fused-ring (bicyclic) bond motifs is 3. The van der Waals surface area contributed by atoms with E-state index in [1.54, 1.807) is 6.92 Å². The van der Waals surface area contributed by atoms with Crippen LogP contribution in [-0.4, -0.2) is 54.2 Å². The summed E-state index contributed by atoms with van der Waals surface area (Å²) in [6, 6.07) is 16.1. The first-order valence-electron chi connectivity index (χ1n) is 10.1. The van der Waals surface area contributed by atoms with Gasteiger partial charge >= 0.3 is 12.1 Å². The minimum Gasteiger partial charge on any atom is -0.481 e. The fourth-order valence-electron chi connectivity index (χ4n) is 4.28. The van der Waals surface area contributed by atoms with Gasteiger partial charge in [-0.2, -0.15) is 0 Å². The number of likely N-dealkylation sites (tertiary alicyclic amines) is 1. The van der Waals surface area contributed by atoms with Gasteiger partial charge in [-0.05, 0) is 28.7 Å². The number of ether oxygens (including phenoxy) is 1. The van der Waals surface area contributed by atoms with Crippen molar-refractivity contribution in [1.29, 1.82) is 0 Å². The number of amides is 2. The SMILES string of the molecule is CCC1(C(=O)O)CN(C(=O)CNC(=O)OCC2c3ccccc3-c3ccccc32)C1. The molecule has 2 amide bonds. The highest BCUT2D eigenvalue weighted by Crippen LogP contribution is 2.44. The summed E-state index contributed by atoms with van der Waals surface area (Å²) >= 11 is 0. The Morgan fingerprint density at radius 2 is 1.63 bits per heavy atom. The van der Waals surface area contributed by atoms with Crippen LogP contribution in [0.5, 0.6) is 0 Å². The van der Waals surface area contributed by atoms with Crippen molar-refractivity contribution in [3.05, 3.63) is 59.7 Å². The van der Waals surface area contributed by atoms with Crippen molar-refractivity contribution in [2.45, 2.75) is 19.3 Å². The maximum Gasteiger partial charge on any atom is 0.407 e. The van der Waals surface area contributed by atoms with E-state index in [9.17, 15) is 19.5 Å². The van der Waals surface area contributed by atoms with Crippen molar-refractivity contribution in [1.82, 2.24) is 10.2 Å². The molecular formula is C23H24N2O5. The molecule has 2 aliphatic rings. The van der Waals surface area contributed by atoms with E-state index < -0.39 is 17.5 Å². The molecule has 2 N–H and O–H groups in total. The van der Waals surface area contributed by atoms with Gasteiger partial charge in [0.05, 0.1) is 0 Å². The molecule has 1 heterocycles. The summed E-state index contributed by atoms with van der Waals surface area (Å²) in [5.74, 6) is -1.25. The van der Waals surface area contributed by atoms with Gasteiger partial charge in [0.1, 0.15) is 18.6 Å². The maximum absolute atomic E-state index is 12.2. The fraction of sp³-hybridized carbons (Fsp3) is 0.348. The van der Waals surface area contributed by atoms with E-state index in [2.05, 4.69) is 17.4 Å². The molecule has 2 aromatic carbocycles. The van der Waals surface area contributed by atoms with Crippen LogP contribution in [0.1, 0.15) is 30.4 Å². The van der Waals surface area contributed by atoms with Crippen LogP contribution in [0.4, 0.5) is 4.79 Å². The number of carboxylic acid groups (broad SMARTS) is 1. The van der Waals surface area contributed by atoms with E-state index >= 15 is 0 Å². The topological polar surface area (TPSA) is 95.9 Å². The zero-order valence-corrected chi connectivity index (χ0v) is 16.8. The first-order valence-corrected chi connectivity index (χ1v) is 10.1. The van der Waals surface area contributed by atoms with Gasteiger partial charge in [-0.3, -0.25) is 9.59 Å². The molecule has 2 aromatic rings. The lowest BCUT2D eigenvalue weighted by molar-refractivity contribution is -0.166. The molecule has 0 radical (unpaired) electrons. The average Bonchev–Trinajstić information content (AvgIpc) is 3.04. The fourth-order valence-corrected chi connectivity index (χ4v) is 4.28. The zero-order chi connectivity index (χ0) is 21.3. The third kappa shape index (κ3) is 3.40. The molecule has 0 atom stereocenters. The predicted octanol–water partition coefficient (Wildman–Crippen LogP) is 2.85. The standard InChI is InChI=1S/C23H24N2O5/c1-2-23(21(27)28)13-25(14-23)20(26)11-24-22(29)30-12-19-17-9-5-3-7-15(17)16-8-4-6-10-18(16)19/h3-10,19H,2,11-14H2,1H3,(H,24,29)(H,27,28). The lowest BCUT2D eigenvalue weighted by Crippen LogP contribution is -2.63. The number of rotatable bonds is 6. The quantitative estimate of drug-likeness (QED) is 0.766. The minimum atomic E-state index is -0.890. The van der Waals surface area contributed by atoms with Crippen LogP contribution in [0, 0.1) is 5.41 Å². The van der Waals surface area contributed by atoms with Crippen LogP contribution in [0.25, 0.3) is 11.1 Å². The Kier molecular flexibility index (Phi) is 5.20. The molecule has 7 nitrogen and oxygen atoms in total. The van der Waals surface area contributed by atoms with E-state index in [1.165, 1.54) is 4.90 Å². The Balaban J connectivity index is 1.30. The predicted molar refractivity (Wildman–Crippen MR) is 110 cm³/mol. The molecule has 0 aromatic heterocycles. The summed E-state index contributed by atoms with van der Waals surface area (Å²) < 4.78 is 5.41. The molecule has 1 aliphatic heterocycles. The van der Waals surface area contributed by atoms with E-state index in [-0.39, 0.29) is 38.1 Å². The number of hydrogen-bond donors (Lipinski definition) is 2. The van der Waals surface area contributed by atoms with Gasteiger partial charge in [-0.15, -0.1) is 0 Å². The molecule has 7 heteroatoms. The molecule has 0 unspecified atom stereocenters. The second kappa shape index (κ2) is 7.82. The van der Waals surface area contributed by atoms with Crippen LogP contribution >= 0.6 is 0 Å². The lowest BCUT2D eigenvalue weighted by atomic mass is 9.77. The number of nitrogens with zero attached hydrogens (tertiary/aromatic N) is 1. The summed E-state index contributed by atoms with van der Waals surface area (Å²) in [4.78, 5) is 37.1. The monoisotopic (exact) mass is 408 g/mol. The van der Waals surface area contributed by atoms with Gasteiger partial charge in [0.2, 0.25) is 5.91 Å². The molecule has 4 rings (SSSR count). The molecular weight excluding hydrogens is 384 g/mol. The zero-order valence-electron chi connectivity index (χ0n) is 16.8. The highest BCUT2D eigenvalue weighted by atomic mass is 16.5. The molecule has 1 fully saturated rings. The second-order valence-corrected chi connectivity index (χ2v) is 7.87. The summed E-state index contributed by atoms with van der Waals surface area (Å²) in [6.07, 6.45) is -0.197. The number of carboxylic acids is 1. The number of benzene rings is 2. The Hall–Kier alpha value is -3.35. The van der Waals surface area contributed by atoms with Gasteiger partial charge < -0.3 is 20.1 Å². The third-order valence-corrected chi connectivity index (χ3v) is 6.20. The first kappa shape index (κ1) is 19.9. The van der Waals surface area contributed by atoms with E-state index in [0.717, 1.165) is 22.3 Å². The smallest absolute Gasteiger partial charge is 0.407 e. The van der Waals surface area contributed by atoms with Crippen molar-refractivity contribution < 1.29 is 24.2 Å². The Morgan fingerprint density at radius 1 is 1.07 bits per heavy atom. The van der Waals surface area contributed by atoms with E-state index in [0.29, 0.717) is 6.42 Å². The van der Waals surface area contributed by atoms with Gasteiger partial charge in [-0.1, -0.05) is 55.5 Å². The van der Waals surface area contributed by atoms with Crippen molar-refractivity contribution in [3.63, 3.8) is 0 Å². The number of aliphatic carboxylic acids is 1. The van der Waals surface area contributed by atoms with E-state index in [4.69, 9.17) is 4.74 Å². The third-order valence-electron chi connectivity index (χ3n) is 6.20. The minimum absolute atomic E-state index is 0.0463. The van der Waals surface area contributed by atoms with Gasteiger partial charge in [-0.25, -0.2) is 4.79 Å². The highest BCUT2D eigenvalue weighted by molar-refractivity contribution is 5.86. The van der Waals surface area contributed by atoms with Crippen LogP contribution < -0.4 is 5.32 Å². The number of carbonyl (C=O) groups excluding carboxylic acids is 2. The maximum atomic E-state index is 12.2. The highest BCUT2D eigenvalue weighted by Gasteiger charge is 2.49. The molecule has 0 bridgehead atoms. The molecule has 1 aliphatic carbocycles. The Morgan fingerprint density at radius 3 is 2.17 bits per heavy atom. The lowest BCUT2D eigenvalue weighted by Gasteiger charge is -2.46. The average molecular weight is 408 g/mol. The molecule has 1 saturated heterocycles. The van der Waals surface area contributed by atoms with Crippen LogP contribution in [0.3, 0.4) is 0 Å². The normalized spacial score (nSPS) is 16.2. The summed E-state index contributed by atoms with van der Waals surface area (Å²) in [5.41, 5.74) is 3.67. The van der Waals surface area contributed by atoms with Crippen molar-refractivity contribution in [2.75, 3.05) is 26.2 Å². The molecule has 156 valence electrons. The molecule has 30 heavy (non-hydrogen) atoms. The van der Waals surface area contributed by atoms with Crippen LogP contribution in [-0.2, 0) is 14.3 Å². The number of hydrogen-bond acceptors (Lipinski definition) is 4. The second-order valence-electron chi connectivity index (χ2n) is 7.87. The first-order chi connectivity index (χ1) is 14.4. The van der Waals surface area contributed by atoms with Crippen molar-refractivity contribution in [2.24, 2.45) is 5.41 Å². The van der Waals surface area contributed by atoms with Crippen LogP contribution in [0.15, 0.2) is 48.5 Å². The van der Waals surface area contributed by atoms with Crippen LogP contribution in [0.2, 0.25) is 0 Å². The Labute approximate surface area is 174 Å². The number of alkyl carbamates (subject to hydrolysis) is 1. The Bertz CT molecular complexity index is 951. The van der Waals surface area contributed by atoms with Gasteiger partial charge in [0, 0.05) is 19.0 Å². The van der Waals surface area contributed by atoms with Crippen molar-refractivity contribution in [3.8, 4) is 11.1 Å². The summed E-state index contributed by atoms with van der Waals surface area (Å²) in [7, 11) is 0. The number of nitrogens with one attached hydrogen (secondary N) is 1. The molecule has 0 spiro atoms. The summed E-state index contributed by atoms with van der Waals surface area (Å²) in [5, 5.41) is 11.8. The molecule has 0 saturated carbocycles. The van der Waals surface area contributed by atoms with Gasteiger partial charge in [0.15, 0.2) is 0 Å². The number of carbonyl (C=O) groups is 3. The van der Waals surface area contributed by atoms with Crippen molar-refractivity contribution >= 4 is 18.0 Å². The van der Waals surface area contributed by atoms with E-state index in [1.807, 2.05) is 36.4 Å².